The molecule has 0 aliphatic carbocycles. The van der Waals surface area contributed by atoms with Crippen LogP contribution >= 0.6 is 0 Å². The van der Waals surface area contributed by atoms with Crippen LogP contribution in [0.2, 0.25) is 0 Å². The second kappa shape index (κ2) is 9.49. The second-order valence-electron chi connectivity index (χ2n) is 9.79. The van der Waals surface area contributed by atoms with E-state index in [1.165, 1.54) is 0 Å². The van der Waals surface area contributed by atoms with Gasteiger partial charge in [-0.1, -0.05) is 36.4 Å². The van der Waals surface area contributed by atoms with Gasteiger partial charge in [-0.05, 0) is 67.0 Å². The van der Waals surface area contributed by atoms with E-state index in [4.69, 9.17) is 0 Å². The molecule has 36 heavy (non-hydrogen) atoms. The van der Waals surface area contributed by atoms with Crippen LogP contribution in [0.4, 0.5) is 5.82 Å². The van der Waals surface area contributed by atoms with Crippen molar-refractivity contribution in [3.8, 4) is 0 Å². The fourth-order valence-electron chi connectivity index (χ4n) is 5.68. The van der Waals surface area contributed by atoms with Crippen LogP contribution in [0.15, 0.2) is 79.1 Å². The Kier molecular flexibility index (Phi) is 5.89. The van der Waals surface area contributed by atoms with Gasteiger partial charge in [0.2, 0.25) is 0 Å². The van der Waals surface area contributed by atoms with Crippen molar-refractivity contribution in [2.24, 2.45) is 0 Å². The van der Waals surface area contributed by atoms with Gasteiger partial charge in [-0.3, -0.25) is 9.59 Å². The molecule has 2 aromatic carbocycles. The lowest BCUT2D eigenvalue weighted by atomic mass is 9.96. The Morgan fingerprint density at radius 3 is 2.44 bits per heavy atom. The number of pyridine rings is 1. The first-order chi connectivity index (χ1) is 17.6. The number of aromatic amines is 1. The van der Waals surface area contributed by atoms with Crippen LogP contribution in [0, 0.1) is 0 Å². The molecule has 2 atom stereocenters. The summed E-state index contributed by atoms with van der Waals surface area (Å²) in [6.45, 7) is 0.490. The number of carbonyl (C=O) groups is 2. The van der Waals surface area contributed by atoms with Gasteiger partial charge in [0, 0.05) is 48.1 Å². The first-order valence-corrected chi connectivity index (χ1v) is 12.6. The van der Waals surface area contributed by atoms with Crippen molar-refractivity contribution in [3.63, 3.8) is 0 Å². The van der Waals surface area contributed by atoms with Crippen molar-refractivity contribution in [2.75, 3.05) is 4.90 Å². The first kappa shape index (κ1) is 22.3. The summed E-state index contributed by atoms with van der Waals surface area (Å²) in [5, 5.41) is 7.32. The number of nitrogens with zero attached hydrogens (tertiary/aromatic N) is 2. The van der Waals surface area contributed by atoms with Crippen LogP contribution in [-0.2, 0) is 6.54 Å². The number of aromatic nitrogens is 2. The van der Waals surface area contributed by atoms with Crippen molar-refractivity contribution in [1.82, 2.24) is 20.6 Å². The SMILES string of the molecule is O=C(NCc1ccccc1)c1ccc(N2C3CCC2CC(NC(=O)c2ccc4cc[nH]c4c2)C3)nc1. The molecule has 2 unspecified atom stereocenters. The van der Waals surface area contributed by atoms with Crippen molar-refractivity contribution >= 4 is 28.5 Å². The number of benzene rings is 2. The summed E-state index contributed by atoms with van der Waals surface area (Å²) in [4.78, 5) is 35.7. The highest BCUT2D eigenvalue weighted by atomic mass is 16.2. The van der Waals surface area contributed by atoms with Crippen LogP contribution in [0.3, 0.4) is 0 Å². The van der Waals surface area contributed by atoms with E-state index in [0.717, 1.165) is 48.0 Å². The van der Waals surface area contributed by atoms with E-state index < -0.39 is 0 Å². The molecule has 2 aliphatic heterocycles. The molecule has 2 amide bonds. The third kappa shape index (κ3) is 4.44. The van der Waals surface area contributed by atoms with Crippen LogP contribution < -0.4 is 15.5 Å². The number of anilines is 1. The highest BCUT2D eigenvalue weighted by Crippen LogP contribution is 2.38. The lowest BCUT2D eigenvalue weighted by Gasteiger charge is -2.40. The summed E-state index contributed by atoms with van der Waals surface area (Å²) in [6, 6.07) is 22.3. The summed E-state index contributed by atoms with van der Waals surface area (Å²) >= 11 is 0. The molecule has 2 bridgehead atoms. The van der Waals surface area contributed by atoms with Crippen LogP contribution in [0.5, 0.6) is 0 Å². The molecule has 0 saturated carbocycles. The Bertz CT molecular complexity index is 1370. The average molecular weight is 480 g/mol. The second-order valence-corrected chi connectivity index (χ2v) is 9.79. The van der Waals surface area contributed by atoms with Crippen molar-refractivity contribution < 1.29 is 9.59 Å². The molecule has 6 rings (SSSR count). The first-order valence-electron chi connectivity index (χ1n) is 12.6. The molecule has 0 radical (unpaired) electrons. The monoisotopic (exact) mass is 479 g/mol. The standard InChI is InChI=1S/C29H29N5O2/c35-28(32-17-19-4-2-1-3-5-19)22-8-11-27(31-18-22)34-24-9-10-25(34)16-23(15-24)33-29(36)21-7-6-20-12-13-30-26(20)14-21/h1-8,11-14,18,23-25,30H,9-10,15-17H2,(H,32,35)(H,33,36). The largest absolute Gasteiger partial charge is 0.361 e. The van der Waals surface area contributed by atoms with Gasteiger partial charge in [-0.2, -0.15) is 0 Å². The number of rotatable bonds is 6. The predicted molar refractivity (Wildman–Crippen MR) is 140 cm³/mol. The van der Waals surface area contributed by atoms with Gasteiger partial charge in [0.25, 0.3) is 11.8 Å². The predicted octanol–water partition coefficient (Wildman–Crippen LogP) is 4.42. The van der Waals surface area contributed by atoms with Gasteiger partial charge in [-0.15, -0.1) is 0 Å². The molecule has 4 heterocycles. The molecular formula is C29H29N5O2. The van der Waals surface area contributed by atoms with Gasteiger partial charge in [-0.25, -0.2) is 4.98 Å². The Balaban J connectivity index is 1.07. The van der Waals surface area contributed by atoms with Crippen molar-refractivity contribution in [3.05, 3.63) is 95.8 Å². The molecule has 7 heteroatoms. The molecule has 4 aromatic rings. The topological polar surface area (TPSA) is 90.1 Å². The number of hydrogen-bond donors (Lipinski definition) is 3. The zero-order chi connectivity index (χ0) is 24.5. The Morgan fingerprint density at radius 2 is 1.69 bits per heavy atom. The Hall–Kier alpha value is -4.13. The minimum atomic E-state index is -0.125. The van der Waals surface area contributed by atoms with E-state index in [0.29, 0.717) is 29.8 Å². The van der Waals surface area contributed by atoms with E-state index in [1.54, 1.807) is 6.20 Å². The van der Waals surface area contributed by atoms with Crippen LogP contribution in [0.1, 0.15) is 52.0 Å². The molecule has 2 aliphatic rings. The lowest BCUT2D eigenvalue weighted by Crippen LogP contribution is -2.50. The molecule has 7 nitrogen and oxygen atoms in total. The number of nitrogens with one attached hydrogen (secondary N) is 3. The maximum absolute atomic E-state index is 12.9. The quantitative estimate of drug-likeness (QED) is 0.382. The number of piperidine rings is 1. The maximum atomic E-state index is 12.9. The van der Waals surface area contributed by atoms with Crippen LogP contribution in [0.25, 0.3) is 10.9 Å². The fraction of sp³-hybridized carbons (Fsp3) is 0.276. The molecular weight excluding hydrogens is 450 g/mol. The molecule has 2 saturated heterocycles. The summed E-state index contributed by atoms with van der Waals surface area (Å²) in [5.41, 5.74) is 3.28. The fourth-order valence-corrected chi connectivity index (χ4v) is 5.68. The Morgan fingerprint density at radius 1 is 0.917 bits per heavy atom. The summed E-state index contributed by atoms with van der Waals surface area (Å²) < 4.78 is 0. The lowest BCUT2D eigenvalue weighted by molar-refractivity contribution is 0.0924. The van der Waals surface area contributed by atoms with E-state index in [2.05, 4.69) is 25.5 Å². The average Bonchev–Trinajstić information content (AvgIpc) is 3.49. The van der Waals surface area contributed by atoms with Crippen molar-refractivity contribution in [1.29, 1.82) is 0 Å². The highest BCUT2D eigenvalue weighted by molar-refractivity contribution is 5.98. The minimum Gasteiger partial charge on any atom is -0.361 e. The third-order valence-electron chi connectivity index (χ3n) is 7.46. The number of amides is 2. The highest BCUT2D eigenvalue weighted by Gasteiger charge is 2.41. The van der Waals surface area contributed by atoms with Gasteiger partial charge in [0.05, 0.1) is 5.56 Å². The van der Waals surface area contributed by atoms with E-state index >= 15 is 0 Å². The number of H-pyrrole nitrogens is 1. The number of fused-ring (bicyclic) bond motifs is 3. The molecule has 0 spiro atoms. The van der Waals surface area contributed by atoms with Gasteiger partial charge < -0.3 is 20.5 Å². The molecule has 2 fully saturated rings. The van der Waals surface area contributed by atoms with Gasteiger partial charge in [0.1, 0.15) is 5.82 Å². The number of carbonyl (C=O) groups excluding carboxylic acids is 2. The number of hydrogen-bond acceptors (Lipinski definition) is 4. The summed E-state index contributed by atoms with van der Waals surface area (Å²) in [7, 11) is 0. The zero-order valence-electron chi connectivity index (χ0n) is 20.0. The van der Waals surface area contributed by atoms with Gasteiger partial charge in [0.15, 0.2) is 0 Å². The van der Waals surface area contributed by atoms with E-state index in [9.17, 15) is 9.59 Å². The van der Waals surface area contributed by atoms with E-state index in [-0.39, 0.29) is 17.9 Å². The normalized spacial score (nSPS) is 20.9. The Labute approximate surface area is 209 Å². The summed E-state index contributed by atoms with van der Waals surface area (Å²) in [5.74, 6) is 0.761. The molecule has 182 valence electrons. The minimum absolute atomic E-state index is 0.0201. The smallest absolute Gasteiger partial charge is 0.253 e. The zero-order valence-corrected chi connectivity index (χ0v) is 20.0. The van der Waals surface area contributed by atoms with Gasteiger partial charge >= 0.3 is 0 Å². The molecule has 3 N–H and O–H groups in total. The van der Waals surface area contributed by atoms with Crippen molar-refractivity contribution in [2.45, 2.75) is 50.4 Å². The maximum Gasteiger partial charge on any atom is 0.253 e. The summed E-state index contributed by atoms with van der Waals surface area (Å²) in [6.07, 6.45) is 7.53. The molecule has 2 aromatic heterocycles. The van der Waals surface area contributed by atoms with Crippen LogP contribution in [-0.4, -0.2) is 39.9 Å². The third-order valence-corrected chi connectivity index (χ3v) is 7.46. The van der Waals surface area contributed by atoms with E-state index in [1.807, 2.05) is 72.9 Å².